The van der Waals surface area contributed by atoms with E-state index in [1.165, 1.54) is 0 Å². The van der Waals surface area contributed by atoms with Crippen molar-refractivity contribution in [2.45, 2.75) is 26.7 Å². The minimum Gasteiger partial charge on any atom is -0.321 e. The van der Waals surface area contributed by atoms with Gasteiger partial charge < -0.3 is 10.2 Å². The molecule has 1 aliphatic rings. The van der Waals surface area contributed by atoms with Gasteiger partial charge in [-0.1, -0.05) is 12.1 Å². The SMILES string of the molecule is Cc1ccc(NC(=O)c2c(C)nc3ccccn23)cc1N1CCCC1=O. The van der Waals surface area contributed by atoms with Gasteiger partial charge >= 0.3 is 0 Å². The van der Waals surface area contributed by atoms with E-state index < -0.39 is 0 Å². The molecule has 0 aliphatic carbocycles. The van der Waals surface area contributed by atoms with Crippen molar-refractivity contribution in [2.24, 2.45) is 0 Å². The average Bonchev–Trinajstić information content (AvgIpc) is 3.18. The molecule has 0 unspecified atom stereocenters. The number of rotatable bonds is 3. The molecule has 0 radical (unpaired) electrons. The van der Waals surface area contributed by atoms with Gasteiger partial charge in [0, 0.05) is 30.5 Å². The second-order valence-corrected chi connectivity index (χ2v) is 6.58. The van der Waals surface area contributed by atoms with E-state index in [1.807, 2.05) is 56.4 Å². The molecule has 2 amide bonds. The lowest BCUT2D eigenvalue weighted by Gasteiger charge is -2.19. The number of nitrogens with one attached hydrogen (secondary N) is 1. The Balaban J connectivity index is 1.66. The van der Waals surface area contributed by atoms with Crippen LogP contribution in [0.3, 0.4) is 0 Å². The first-order valence-corrected chi connectivity index (χ1v) is 8.70. The van der Waals surface area contributed by atoms with Crippen LogP contribution in [-0.4, -0.2) is 27.7 Å². The molecule has 4 rings (SSSR count). The van der Waals surface area contributed by atoms with Crippen LogP contribution in [-0.2, 0) is 4.79 Å². The number of imidazole rings is 1. The monoisotopic (exact) mass is 348 g/mol. The fourth-order valence-corrected chi connectivity index (χ4v) is 3.46. The number of carbonyl (C=O) groups excluding carboxylic acids is 2. The van der Waals surface area contributed by atoms with Crippen LogP contribution in [0.15, 0.2) is 42.6 Å². The van der Waals surface area contributed by atoms with Gasteiger partial charge in [-0.3, -0.25) is 14.0 Å². The number of hydrogen-bond donors (Lipinski definition) is 1. The number of anilines is 2. The zero-order valence-corrected chi connectivity index (χ0v) is 14.8. The summed E-state index contributed by atoms with van der Waals surface area (Å²) >= 11 is 0. The summed E-state index contributed by atoms with van der Waals surface area (Å²) in [5.74, 6) is -0.0852. The molecule has 0 atom stereocenters. The molecule has 3 heterocycles. The number of hydrogen-bond acceptors (Lipinski definition) is 3. The van der Waals surface area contributed by atoms with Gasteiger partial charge in [0.15, 0.2) is 0 Å². The zero-order valence-electron chi connectivity index (χ0n) is 14.8. The van der Waals surface area contributed by atoms with Gasteiger partial charge in [-0.25, -0.2) is 4.98 Å². The number of nitrogens with zero attached hydrogens (tertiary/aromatic N) is 3. The highest BCUT2D eigenvalue weighted by atomic mass is 16.2. The molecule has 1 aliphatic heterocycles. The zero-order chi connectivity index (χ0) is 18.3. The molecular formula is C20H20N4O2. The van der Waals surface area contributed by atoms with Crippen molar-refractivity contribution < 1.29 is 9.59 Å². The van der Waals surface area contributed by atoms with Crippen LogP contribution in [0.2, 0.25) is 0 Å². The first-order chi connectivity index (χ1) is 12.5. The largest absolute Gasteiger partial charge is 0.321 e. The maximum absolute atomic E-state index is 12.8. The molecule has 1 fully saturated rings. The Morgan fingerprint density at radius 1 is 1.19 bits per heavy atom. The Morgan fingerprint density at radius 3 is 2.81 bits per heavy atom. The molecule has 6 heteroatoms. The summed E-state index contributed by atoms with van der Waals surface area (Å²) in [4.78, 5) is 31.1. The van der Waals surface area contributed by atoms with Gasteiger partial charge in [-0.15, -0.1) is 0 Å². The second-order valence-electron chi connectivity index (χ2n) is 6.58. The number of amides is 2. The summed E-state index contributed by atoms with van der Waals surface area (Å²) in [5.41, 5.74) is 4.48. The van der Waals surface area contributed by atoms with Crippen molar-refractivity contribution in [3.8, 4) is 0 Å². The lowest BCUT2D eigenvalue weighted by atomic mass is 10.1. The maximum atomic E-state index is 12.8. The predicted molar refractivity (Wildman–Crippen MR) is 101 cm³/mol. The van der Waals surface area contributed by atoms with Crippen molar-refractivity contribution in [3.05, 3.63) is 59.5 Å². The highest BCUT2D eigenvalue weighted by Crippen LogP contribution is 2.28. The van der Waals surface area contributed by atoms with Crippen LogP contribution in [0, 0.1) is 13.8 Å². The predicted octanol–water partition coefficient (Wildman–Crippen LogP) is 3.33. The van der Waals surface area contributed by atoms with Gasteiger partial charge in [0.05, 0.1) is 5.69 Å². The molecule has 1 saturated heterocycles. The number of aryl methyl sites for hydroxylation is 2. The van der Waals surface area contributed by atoms with E-state index in [4.69, 9.17) is 0 Å². The third-order valence-electron chi connectivity index (χ3n) is 4.75. The first-order valence-electron chi connectivity index (χ1n) is 8.70. The van der Waals surface area contributed by atoms with Crippen LogP contribution in [0.5, 0.6) is 0 Å². The van der Waals surface area contributed by atoms with E-state index in [0.29, 0.717) is 23.5 Å². The third kappa shape index (κ3) is 2.73. The number of aromatic nitrogens is 2. The summed E-state index contributed by atoms with van der Waals surface area (Å²) in [7, 11) is 0. The molecule has 1 N–H and O–H groups in total. The van der Waals surface area contributed by atoms with Crippen LogP contribution in [0.4, 0.5) is 11.4 Å². The molecule has 26 heavy (non-hydrogen) atoms. The Bertz CT molecular complexity index is 1020. The molecule has 0 saturated carbocycles. The molecule has 0 spiro atoms. The lowest BCUT2D eigenvalue weighted by Crippen LogP contribution is -2.25. The number of benzene rings is 1. The standard InChI is InChI=1S/C20H20N4O2/c1-13-8-9-15(12-16(13)23-11-5-7-18(23)25)22-20(26)19-14(2)21-17-6-3-4-10-24(17)19/h3-4,6,8-10,12H,5,7,11H2,1-2H3,(H,22,26). The molecule has 1 aromatic carbocycles. The van der Waals surface area contributed by atoms with E-state index in [2.05, 4.69) is 10.3 Å². The summed E-state index contributed by atoms with van der Waals surface area (Å²) in [6, 6.07) is 11.3. The molecule has 0 bridgehead atoms. The normalized spacial score (nSPS) is 14.2. The van der Waals surface area contributed by atoms with E-state index in [1.54, 1.807) is 9.30 Å². The first kappa shape index (κ1) is 16.3. The minimum absolute atomic E-state index is 0.134. The van der Waals surface area contributed by atoms with Gasteiger partial charge in [0.2, 0.25) is 5.91 Å². The summed E-state index contributed by atoms with van der Waals surface area (Å²) in [5, 5.41) is 2.95. The molecule has 132 valence electrons. The summed E-state index contributed by atoms with van der Waals surface area (Å²) in [6.07, 6.45) is 3.28. The maximum Gasteiger partial charge on any atom is 0.274 e. The van der Waals surface area contributed by atoms with Gasteiger partial charge in [0.1, 0.15) is 11.3 Å². The van der Waals surface area contributed by atoms with Crippen LogP contribution < -0.4 is 10.2 Å². The Hall–Kier alpha value is -3.15. The highest BCUT2D eigenvalue weighted by Gasteiger charge is 2.24. The summed E-state index contributed by atoms with van der Waals surface area (Å²) in [6.45, 7) is 4.52. The number of fused-ring (bicyclic) bond motifs is 1. The smallest absolute Gasteiger partial charge is 0.274 e. The van der Waals surface area contributed by atoms with E-state index >= 15 is 0 Å². The highest BCUT2D eigenvalue weighted by molar-refractivity contribution is 6.05. The van der Waals surface area contributed by atoms with Crippen molar-refractivity contribution >= 4 is 28.8 Å². The van der Waals surface area contributed by atoms with E-state index in [0.717, 1.165) is 29.9 Å². The van der Waals surface area contributed by atoms with Gasteiger partial charge in [0.25, 0.3) is 5.91 Å². The molecule has 2 aromatic heterocycles. The second kappa shape index (κ2) is 6.29. The van der Waals surface area contributed by atoms with Crippen molar-refractivity contribution in [3.63, 3.8) is 0 Å². The quantitative estimate of drug-likeness (QED) is 0.789. The minimum atomic E-state index is -0.219. The molecule has 3 aromatic rings. The van der Waals surface area contributed by atoms with Crippen molar-refractivity contribution in [1.29, 1.82) is 0 Å². The average molecular weight is 348 g/mol. The number of carbonyl (C=O) groups is 2. The fraction of sp³-hybridized carbons (Fsp3) is 0.250. The lowest BCUT2D eigenvalue weighted by molar-refractivity contribution is -0.117. The summed E-state index contributed by atoms with van der Waals surface area (Å²) < 4.78 is 1.78. The Labute approximate surface area is 151 Å². The number of pyridine rings is 1. The topological polar surface area (TPSA) is 66.7 Å². The molecule has 6 nitrogen and oxygen atoms in total. The van der Waals surface area contributed by atoms with Crippen LogP contribution >= 0.6 is 0 Å². The van der Waals surface area contributed by atoms with Crippen molar-refractivity contribution in [1.82, 2.24) is 9.38 Å². The van der Waals surface area contributed by atoms with Crippen molar-refractivity contribution in [2.75, 3.05) is 16.8 Å². The van der Waals surface area contributed by atoms with E-state index in [-0.39, 0.29) is 11.8 Å². The Kier molecular flexibility index (Phi) is 3.95. The van der Waals surface area contributed by atoms with E-state index in [9.17, 15) is 9.59 Å². The van der Waals surface area contributed by atoms with Gasteiger partial charge in [-0.2, -0.15) is 0 Å². The van der Waals surface area contributed by atoms with Crippen LogP contribution in [0.1, 0.15) is 34.6 Å². The third-order valence-corrected chi connectivity index (χ3v) is 4.75. The Morgan fingerprint density at radius 2 is 2.04 bits per heavy atom. The van der Waals surface area contributed by atoms with Crippen LogP contribution in [0.25, 0.3) is 5.65 Å². The van der Waals surface area contributed by atoms with Gasteiger partial charge in [-0.05, 0) is 50.1 Å². The fourth-order valence-electron chi connectivity index (χ4n) is 3.46. The molecular weight excluding hydrogens is 328 g/mol.